The average Bonchev–Trinajstić information content (AvgIpc) is 2.39. The van der Waals surface area contributed by atoms with Crippen molar-refractivity contribution in [3.05, 3.63) is 23.5 Å². The normalized spacial score (nSPS) is 10.7. The fourth-order valence-electron chi connectivity index (χ4n) is 2.06. The smallest absolute Gasteiger partial charge is 0.257 e. The molecular weight excluding hydrogens is 254 g/mol. The molecule has 5 nitrogen and oxygen atoms in total. The van der Waals surface area contributed by atoms with Crippen molar-refractivity contribution in [2.24, 2.45) is 0 Å². The zero-order valence-electron chi connectivity index (χ0n) is 12.8. The Morgan fingerprint density at radius 1 is 1.50 bits per heavy atom. The van der Waals surface area contributed by atoms with E-state index in [9.17, 15) is 4.79 Å². The Morgan fingerprint density at radius 3 is 2.75 bits per heavy atom. The Bertz CT molecular complexity index is 447. The van der Waals surface area contributed by atoms with Crippen molar-refractivity contribution in [2.45, 2.75) is 40.2 Å². The van der Waals surface area contributed by atoms with Crippen LogP contribution in [0.25, 0.3) is 0 Å². The number of aliphatic hydroxyl groups is 1. The molecule has 2 N–H and O–H groups in total. The van der Waals surface area contributed by atoms with Crippen molar-refractivity contribution in [3.63, 3.8) is 0 Å². The third-order valence-electron chi connectivity index (χ3n) is 3.08. The van der Waals surface area contributed by atoms with Gasteiger partial charge in [-0.2, -0.15) is 0 Å². The second-order valence-corrected chi connectivity index (χ2v) is 5.07. The first-order valence-corrected chi connectivity index (χ1v) is 7.13. The number of pyridine rings is 1. The van der Waals surface area contributed by atoms with E-state index < -0.39 is 0 Å². The van der Waals surface area contributed by atoms with Crippen LogP contribution in [0.2, 0.25) is 0 Å². The highest BCUT2D eigenvalue weighted by Crippen LogP contribution is 2.19. The highest BCUT2D eigenvalue weighted by Gasteiger charge is 2.21. The third-order valence-corrected chi connectivity index (χ3v) is 3.08. The highest BCUT2D eigenvalue weighted by atomic mass is 16.3. The summed E-state index contributed by atoms with van der Waals surface area (Å²) in [5.41, 5.74) is 2.28. The van der Waals surface area contributed by atoms with Crippen molar-refractivity contribution in [1.29, 1.82) is 0 Å². The molecule has 0 aliphatic carbocycles. The van der Waals surface area contributed by atoms with Crippen LogP contribution in [0.15, 0.2) is 12.3 Å². The molecule has 0 saturated carbocycles. The standard InChI is InChI=1S/C15H25N3O2/c1-5-16-14-9-12(4)17-10-13(14)15(20)18(11(2)3)7-6-8-19/h9-11,19H,5-8H2,1-4H3,(H,16,17). The van der Waals surface area contributed by atoms with E-state index in [4.69, 9.17) is 5.11 Å². The third kappa shape index (κ3) is 4.20. The van der Waals surface area contributed by atoms with E-state index in [1.807, 2.05) is 33.8 Å². The highest BCUT2D eigenvalue weighted by molar-refractivity contribution is 5.99. The van der Waals surface area contributed by atoms with Gasteiger partial charge in [0.25, 0.3) is 5.91 Å². The Labute approximate surface area is 121 Å². The minimum atomic E-state index is -0.0445. The number of hydrogen-bond donors (Lipinski definition) is 2. The number of carbonyl (C=O) groups excluding carboxylic acids is 1. The summed E-state index contributed by atoms with van der Waals surface area (Å²) in [6.07, 6.45) is 2.21. The summed E-state index contributed by atoms with van der Waals surface area (Å²) in [6.45, 7) is 9.24. The van der Waals surface area contributed by atoms with Crippen molar-refractivity contribution in [3.8, 4) is 0 Å². The lowest BCUT2D eigenvalue weighted by molar-refractivity contribution is 0.0693. The maximum atomic E-state index is 12.7. The van der Waals surface area contributed by atoms with Gasteiger partial charge in [-0.15, -0.1) is 0 Å². The van der Waals surface area contributed by atoms with E-state index in [1.165, 1.54) is 0 Å². The molecule has 20 heavy (non-hydrogen) atoms. The molecule has 0 spiro atoms. The van der Waals surface area contributed by atoms with Gasteiger partial charge >= 0.3 is 0 Å². The zero-order valence-corrected chi connectivity index (χ0v) is 12.8. The summed E-state index contributed by atoms with van der Waals surface area (Å²) < 4.78 is 0. The monoisotopic (exact) mass is 279 g/mol. The van der Waals surface area contributed by atoms with E-state index >= 15 is 0 Å². The number of aliphatic hydroxyl groups excluding tert-OH is 1. The number of hydrogen-bond acceptors (Lipinski definition) is 4. The quantitative estimate of drug-likeness (QED) is 0.802. The van der Waals surface area contributed by atoms with Crippen LogP contribution in [0, 0.1) is 6.92 Å². The lowest BCUT2D eigenvalue weighted by Crippen LogP contribution is -2.38. The Kier molecular flexibility index (Phi) is 6.45. The second kappa shape index (κ2) is 7.85. The van der Waals surface area contributed by atoms with Gasteiger partial charge in [0.2, 0.25) is 0 Å². The summed E-state index contributed by atoms with van der Waals surface area (Å²) in [4.78, 5) is 18.7. The minimum Gasteiger partial charge on any atom is -0.396 e. The van der Waals surface area contributed by atoms with E-state index in [-0.39, 0.29) is 18.6 Å². The fourth-order valence-corrected chi connectivity index (χ4v) is 2.06. The van der Waals surface area contributed by atoms with Gasteiger partial charge in [0.1, 0.15) is 0 Å². The molecule has 0 fully saturated rings. The molecule has 0 aliphatic rings. The topological polar surface area (TPSA) is 65.5 Å². The first kappa shape index (κ1) is 16.4. The van der Waals surface area contributed by atoms with Gasteiger partial charge in [0, 0.05) is 37.6 Å². The molecule has 0 unspecified atom stereocenters. The number of anilines is 1. The minimum absolute atomic E-state index is 0.0445. The average molecular weight is 279 g/mol. The van der Waals surface area contributed by atoms with Crippen LogP contribution >= 0.6 is 0 Å². The van der Waals surface area contributed by atoms with E-state index in [1.54, 1.807) is 11.1 Å². The number of aryl methyl sites for hydroxylation is 1. The Hall–Kier alpha value is -1.62. The summed E-state index contributed by atoms with van der Waals surface area (Å²) in [7, 11) is 0. The van der Waals surface area contributed by atoms with Gasteiger partial charge in [-0.3, -0.25) is 9.78 Å². The van der Waals surface area contributed by atoms with Crippen LogP contribution in [0.3, 0.4) is 0 Å². The number of rotatable bonds is 7. The predicted octanol–water partition coefficient (Wildman–Crippen LogP) is 2.05. The lowest BCUT2D eigenvalue weighted by Gasteiger charge is -2.27. The summed E-state index contributed by atoms with van der Waals surface area (Å²) >= 11 is 0. The van der Waals surface area contributed by atoms with Crippen LogP contribution in [0.5, 0.6) is 0 Å². The molecule has 0 aliphatic heterocycles. The maximum absolute atomic E-state index is 12.7. The van der Waals surface area contributed by atoms with Crippen LogP contribution in [-0.2, 0) is 0 Å². The maximum Gasteiger partial charge on any atom is 0.257 e. The van der Waals surface area contributed by atoms with Crippen molar-refractivity contribution < 1.29 is 9.90 Å². The number of nitrogens with zero attached hydrogens (tertiary/aromatic N) is 2. The van der Waals surface area contributed by atoms with Crippen LogP contribution in [0.4, 0.5) is 5.69 Å². The Morgan fingerprint density at radius 2 is 2.20 bits per heavy atom. The van der Waals surface area contributed by atoms with Crippen molar-refractivity contribution >= 4 is 11.6 Å². The second-order valence-electron chi connectivity index (χ2n) is 5.07. The molecule has 0 radical (unpaired) electrons. The number of carbonyl (C=O) groups is 1. The number of amides is 1. The SMILES string of the molecule is CCNc1cc(C)ncc1C(=O)N(CCCO)C(C)C. The van der Waals surface area contributed by atoms with Gasteiger partial charge in [0.05, 0.1) is 11.3 Å². The predicted molar refractivity (Wildman–Crippen MR) is 81.0 cm³/mol. The fraction of sp³-hybridized carbons (Fsp3) is 0.600. The number of nitrogens with one attached hydrogen (secondary N) is 1. The van der Waals surface area contributed by atoms with Gasteiger partial charge in [-0.25, -0.2) is 0 Å². The summed E-state index contributed by atoms with van der Waals surface area (Å²) in [5.74, 6) is -0.0445. The molecule has 0 aromatic carbocycles. The largest absolute Gasteiger partial charge is 0.396 e. The molecular formula is C15H25N3O2. The summed E-state index contributed by atoms with van der Waals surface area (Å²) in [6, 6.07) is 1.98. The van der Waals surface area contributed by atoms with E-state index in [0.717, 1.165) is 17.9 Å². The van der Waals surface area contributed by atoms with Gasteiger partial charge in [-0.05, 0) is 40.2 Å². The molecule has 1 aromatic heterocycles. The lowest BCUT2D eigenvalue weighted by atomic mass is 10.1. The van der Waals surface area contributed by atoms with E-state index in [0.29, 0.717) is 18.5 Å². The van der Waals surface area contributed by atoms with Gasteiger partial charge in [0.15, 0.2) is 0 Å². The molecule has 1 heterocycles. The Balaban J connectivity index is 3.04. The molecule has 112 valence electrons. The zero-order chi connectivity index (χ0) is 15.1. The summed E-state index contributed by atoms with van der Waals surface area (Å²) in [5, 5.41) is 12.2. The molecule has 5 heteroatoms. The molecule has 1 rings (SSSR count). The van der Waals surface area contributed by atoms with E-state index in [2.05, 4.69) is 10.3 Å². The molecule has 0 bridgehead atoms. The molecule has 0 atom stereocenters. The molecule has 1 aromatic rings. The molecule has 1 amide bonds. The van der Waals surface area contributed by atoms with Crippen LogP contribution in [0.1, 0.15) is 43.2 Å². The van der Waals surface area contributed by atoms with Crippen molar-refractivity contribution in [2.75, 3.05) is 25.0 Å². The van der Waals surface area contributed by atoms with Crippen LogP contribution < -0.4 is 5.32 Å². The van der Waals surface area contributed by atoms with Gasteiger partial charge in [-0.1, -0.05) is 0 Å². The van der Waals surface area contributed by atoms with Crippen LogP contribution in [-0.4, -0.2) is 46.6 Å². The van der Waals surface area contributed by atoms with Gasteiger partial charge < -0.3 is 15.3 Å². The first-order valence-electron chi connectivity index (χ1n) is 7.13. The molecule has 0 saturated heterocycles. The number of aromatic nitrogens is 1. The first-order chi connectivity index (χ1) is 9.51. The van der Waals surface area contributed by atoms with Crippen molar-refractivity contribution in [1.82, 2.24) is 9.88 Å².